The van der Waals surface area contributed by atoms with Crippen LogP contribution in [-0.2, 0) is 0 Å². The molecule has 7 heteroatoms. The molecule has 0 fully saturated rings. The molecular formula is C19H15BrN4O2. The summed E-state index contributed by atoms with van der Waals surface area (Å²) in [6, 6.07) is 12.9. The average Bonchev–Trinajstić information content (AvgIpc) is 3.02. The van der Waals surface area contributed by atoms with Crippen molar-refractivity contribution in [3.05, 3.63) is 65.5 Å². The van der Waals surface area contributed by atoms with E-state index < -0.39 is 0 Å². The van der Waals surface area contributed by atoms with Crippen LogP contribution in [0.3, 0.4) is 0 Å². The van der Waals surface area contributed by atoms with Gasteiger partial charge in [-0.2, -0.15) is 0 Å². The van der Waals surface area contributed by atoms with Crippen LogP contribution in [0.15, 0.2) is 65.5 Å². The van der Waals surface area contributed by atoms with Crippen LogP contribution in [0.5, 0.6) is 11.5 Å². The Hall–Kier alpha value is -3.06. The normalized spacial score (nSPS) is 10.8. The molecule has 2 N–H and O–H groups in total. The van der Waals surface area contributed by atoms with Gasteiger partial charge in [0, 0.05) is 22.4 Å². The van der Waals surface area contributed by atoms with Crippen LogP contribution < -0.4 is 10.1 Å². The van der Waals surface area contributed by atoms with Crippen molar-refractivity contribution in [3.63, 3.8) is 0 Å². The van der Waals surface area contributed by atoms with Crippen LogP contribution in [0.2, 0.25) is 0 Å². The Morgan fingerprint density at radius 1 is 1.19 bits per heavy atom. The largest absolute Gasteiger partial charge is 0.507 e. The molecule has 0 saturated heterocycles. The van der Waals surface area contributed by atoms with E-state index in [2.05, 4.69) is 31.2 Å². The highest BCUT2D eigenvalue weighted by Gasteiger charge is 2.18. The third kappa shape index (κ3) is 2.86. The number of fused-ring (bicyclic) bond motifs is 1. The van der Waals surface area contributed by atoms with Crippen LogP contribution >= 0.6 is 15.9 Å². The Bertz CT molecular complexity index is 1090. The van der Waals surface area contributed by atoms with Gasteiger partial charge in [-0.15, -0.1) is 0 Å². The molecular weight excluding hydrogens is 396 g/mol. The van der Waals surface area contributed by atoms with E-state index in [4.69, 9.17) is 4.74 Å². The summed E-state index contributed by atoms with van der Waals surface area (Å²) in [6.45, 7) is 0. The fourth-order valence-corrected chi connectivity index (χ4v) is 3.15. The first-order chi connectivity index (χ1) is 12.7. The molecule has 4 aromatic rings. The Balaban J connectivity index is 1.94. The smallest absolute Gasteiger partial charge is 0.157 e. The van der Waals surface area contributed by atoms with Crippen LogP contribution in [-0.4, -0.2) is 26.6 Å². The molecule has 2 aromatic carbocycles. The zero-order valence-corrected chi connectivity index (χ0v) is 15.4. The molecule has 0 aliphatic carbocycles. The van der Waals surface area contributed by atoms with Gasteiger partial charge >= 0.3 is 0 Å². The number of hydrogen-bond acceptors (Lipinski definition) is 5. The number of phenols is 1. The number of ether oxygens (including phenoxy) is 1. The van der Waals surface area contributed by atoms with Crippen molar-refractivity contribution < 1.29 is 9.84 Å². The second-order valence-corrected chi connectivity index (χ2v) is 6.52. The van der Waals surface area contributed by atoms with Crippen LogP contribution in [0.4, 0.5) is 11.5 Å². The van der Waals surface area contributed by atoms with Crippen molar-refractivity contribution >= 4 is 33.1 Å². The molecule has 0 spiro atoms. The monoisotopic (exact) mass is 410 g/mol. The molecule has 0 aliphatic rings. The first-order valence-electron chi connectivity index (χ1n) is 7.88. The number of nitrogens with one attached hydrogen (secondary N) is 1. The molecule has 4 rings (SSSR count). The standard InChI is InChI=1S/C19H15BrN4O2/c1-26-16-5-3-2-4-14(16)22-19-18(13-10-12(20)6-7-15(13)25)23-17-11-21-8-9-24(17)19/h2-11,22,25H,1H3. The van der Waals surface area contributed by atoms with Gasteiger partial charge in [0.05, 0.1) is 19.0 Å². The van der Waals surface area contributed by atoms with Gasteiger partial charge in [-0.3, -0.25) is 9.38 Å². The number of halogens is 1. The van der Waals surface area contributed by atoms with Crippen molar-refractivity contribution in [2.45, 2.75) is 0 Å². The molecule has 0 amide bonds. The highest BCUT2D eigenvalue weighted by molar-refractivity contribution is 9.10. The number of aromatic hydroxyl groups is 1. The lowest BCUT2D eigenvalue weighted by Crippen LogP contribution is -1.99. The van der Waals surface area contributed by atoms with E-state index >= 15 is 0 Å². The topological polar surface area (TPSA) is 71.7 Å². The van der Waals surface area contributed by atoms with E-state index in [-0.39, 0.29) is 5.75 Å². The fourth-order valence-electron chi connectivity index (χ4n) is 2.79. The van der Waals surface area contributed by atoms with Gasteiger partial charge in [0.15, 0.2) is 5.65 Å². The predicted molar refractivity (Wildman–Crippen MR) is 104 cm³/mol. The zero-order valence-electron chi connectivity index (χ0n) is 13.8. The zero-order chi connectivity index (χ0) is 18.1. The third-order valence-electron chi connectivity index (χ3n) is 4.00. The number of aromatic nitrogens is 3. The van der Waals surface area contributed by atoms with Crippen molar-refractivity contribution in [2.24, 2.45) is 0 Å². The Morgan fingerprint density at radius 3 is 2.88 bits per heavy atom. The number of methoxy groups -OCH3 is 1. The maximum atomic E-state index is 10.4. The average molecular weight is 411 g/mol. The van der Waals surface area contributed by atoms with E-state index in [1.54, 1.807) is 31.6 Å². The molecule has 0 bridgehead atoms. The van der Waals surface area contributed by atoms with Crippen LogP contribution in [0, 0.1) is 0 Å². The number of imidazole rings is 1. The van der Waals surface area contributed by atoms with Gasteiger partial charge in [0.2, 0.25) is 0 Å². The summed E-state index contributed by atoms with van der Waals surface area (Å²) in [6.07, 6.45) is 5.18. The van der Waals surface area contributed by atoms with Crippen molar-refractivity contribution in [1.29, 1.82) is 0 Å². The summed E-state index contributed by atoms with van der Waals surface area (Å²) in [5.74, 6) is 1.56. The van der Waals surface area contributed by atoms with Gasteiger partial charge in [-0.05, 0) is 30.3 Å². The number of hydrogen-bond donors (Lipinski definition) is 2. The maximum absolute atomic E-state index is 10.4. The van der Waals surface area contributed by atoms with E-state index in [0.717, 1.165) is 10.2 Å². The summed E-state index contributed by atoms with van der Waals surface area (Å²) < 4.78 is 8.17. The summed E-state index contributed by atoms with van der Waals surface area (Å²) in [5, 5.41) is 13.7. The number of para-hydroxylation sites is 2. The maximum Gasteiger partial charge on any atom is 0.157 e. The molecule has 6 nitrogen and oxygen atoms in total. The quantitative estimate of drug-likeness (QED) is 0.513. The first-order valence-corrected chi connectivity index (χ1v) is 8.67. The molecule has 2 aromatic heterocycles. The van der Waals surface area contributed by atoms with Crippen LogP contribution in [0.1, 0.15) is 0 Å². The van der Waals surface area contributed by atoms with Gasteiger partial charge < -0.3 is 15.2 Å². The van der Waals surface area contributed by atoms with E-state index in [9.17, 15) is 5.11 Å². The summed E-state index contributed by atoms with van der Waals surface area (Å²) in [5.41, 5.74) is 2.69. The lowest BCUT2D eigenvalue weighted by atomic mass is 10.1. The van der Waals surface area contributed by atoms with Gasteiger partial charge in [0.25, 0.3) is 0 Å². The molecule has 0 unspecified atom stereocenters. The molecule has 0 atom stereocenters. The number of rotatable bonds is 4. The SMILES string of the molecule is COc1ccccc1Nc1c(-c2cc(Br)ccc2O)nc2cnccn12. The minimum Gasteiger partial charge on any atom is -0.507 e. The molecule has 130 valence electrons. The second-order valence-electron chi connectivity index (χ2n) is 5.60. The summed E-state index contributed by atoms with van der Waals surface area (Å²) in [7, 11) is 1.62. The third-order valence-corrected chi connectivity index (χ3v) is 4.50. The minimum absolute atomic E-state index is 0.146. The first kappa shape index (κ1) is 16.4. The van der Waals surface area contributed by atoms with Crippen molar-refractivity contribution in [2.75, 3.05) is 12.4 Å². The van der Waals surface area contributed by atoms with E-state index in [1.807, 2.05) is 40.9 Å². The van der Waals surface area contributed by atoms with Crippen molar-refractivity contribution in [1.82, 2.24) is 14.4 Å². The second kappa shape index (κ2) is 6.68. The summed E-state index contributed by atoms with van der Waals surface area (Å²) >= 11 is 3.45. The minimum atomic E-state index is 0.146. The Kier molecular flexibility index (Phi) is 4.22. The summed E-state index contributed by atoms with van der Waals surface area (Å²) in [4.78, 5) is 8.79. The predicted octanol–water partition coefficient (Wildman–Crippen LogP) is 4.62. The molecule has 0 radical (unpaired) electrons. The van der Waals surface area contributed by atoms with Gasteiger partial charge in [-0.1, -0.05) is 28.1 Å². The fraction of sp³-hybridized carbons (Fsp3) is 0.0526. The number of anilines is 2. The van der Waals surface area contributed by atoms with Gasteiger partial charge in [-0.25, -0.2) is 4.98 Å². The van der Waals surface area contributed by atoms with Gasteiger partial charge in [0.1, 0.15) is 23.0 Å². The number of benzene rings is 2. The number of nitrogens with zero attached hydrogens (tertiary/aromatic N) is 3. The molecule has 0 saturated carbocycles. The Morgan fingerprint density at radius 2 is 2.04 bits per heavy atom. The highest BCUT2D eigenvalue weighted by atomic mass is 79.9. The molecule has 26 heavy (non-hydrogen) atoms. The van der Waals surface area contributed by atoms with Crippen LogP contribution in [0.25, 0.3) is 16.9 Å². The van der Waals surface area contributed by atoms with Crippen molar-refractivity contribution in [3.8, 4) is 22.8 Å². The lowest BCUT2D eigenvalue weighted by molar-refractivity contribution is 0.417. The molecule has 2 heterocycles. The van der Waals surface area contributed by atoms with E-state index in [0.29, 0.717) is 28.5 Å². The number of phenolic OH excluding ortho intramolecular Hbond substituents is 1. The van der Waals surface area contributed by atoms with E-state index in [1.165, 1.54) is 0 Å². The highest BCUT2D eigenvalue weighted by Crippen LogP contribution is 2.38. The Labute approximate surface area is 158 Å². The molecule has 0 aliphatic heterocycles. The lowest BCUT2D eigenvalue weighted by Gasteiger charge is -2.12.